The van der Waals surface area contributed by atoms with Gasteiger partial charge in [-0.3, -0.25) is 4.79 Å². The molecule has 2 N–H and O–H groups in total. The topological polar surface area (TPSA) is 67.0 Å². The second kappa shape index (κ2) is 7.26. The number of aromatic amines is 1. The first-order valence-corrected chi connectivity index (χ1v) is 7.38. The van der Waals surface area contributed by atoms with Crippen molar-refractivity contribution in [3.63, 3.8) is 0 Å². The number of H-pyrrole nitrogens is 1. The maximum absolute atomic E-state index is 12.0. The molecule has 0 aliphatic heterocycles. The Kier molecular flexibility index (Phi) is 4.69. The fourth-order valence-corrected chi connectivity index (χ4v) is 2.18. The number of anilines is 1. The fourth-order valence-electron chi connectivity index (χ4n) is 2.18. The van der Waals surface area contributed by atoms with Gasteiger partial charge in [-0.2, -0.15) is 0 Å². The average Bonchev–Trinajstić information content (AvgIpc) is 3.11. The first-order valence-electron chi connectivity index (χ1n) is 7.38. The van der Waals surface area contributed by atoms with Crippen LogP contribution in [0.25, 0.3) is 11.3 Å². The van der Waals surface area contributed by atoms with Gasteiger partial charge in [0.05, 0.1) is 31.2 Å². The molecule has 0 bridgehead atoms. The van der Waals surface area contributed by atoms with Crippen molar-refractivity contribution in [2.45, 2.75) is 6.42 Å². The van der Waals surface area contributed by atoms with Crippen molar-refractivity contribution in [3.8, 4) is 17.0 Å². The van der Waals surface area contributed by atoms with Gasteiger partial charge in [0, 0.05) is 11.3 Å². The standard InChI is InChI=1S/C18H17N3O2/c22-18(9-10-23-16-7-2-1-3-8-16)21-15-6-4-5-14(11-15)17-12-19-13-20-17/h1-8,11-13H,9-10H2,(H,19,20)(H,21,22). The zero-order valence-corrected chi connectivity index (χ0v) is 12.5. The quantitative estimate of drug-likeness (QED) is 0.732. The minimum Gasteiger partial charge on any atom is -0.493 e. The first kappa shape index (κ1) is 14.8. The van der Waals surface area contributed by atoms with Crippen LogP contribution in [0.2, 0.25) is 0 Å². The van der Waals surface area contributed by atoms with Crippen LogP contribution in [-0.2, 0) is 4.79 Å². The molecule has 3 rings (SSSR count). The predicted molar refractivity (Wildman–Crippen MR) is 89.2 cm³/mol. The van der Waals surface area contributed by atoms with Crippen LogP contribution in [0, 0.1) is 0 Å². The number of imidazole rings is 1. The Balaban J connectivity index is 1.53. The van der Waals surface area contributed by atoms with E-state index in [0.717, 1.165) is 22.7 Å². The molecule has 0 saturated carbocycles. The van der Waals surface area contributed by atoms with Crippen LogP contribution in [-0.4, -0.2) is 22.5 Å². The molecule has 0 spiro atoms. The number of hydrogen-bond donors (Lipinski definition) is 2. The highest BCUT2D eigenvalue weighted by atomic mass is 16.5. The van der Waals surface area contributed by atoms with Gasteiger partial charge in [0.2, 0.25) is 5.91 Å². The molecule has 0 unspecified atom stereocenters. The Morgan fingerprint density at radius 3 is 2.78 bits per heavy atom. The van der Waals surface area contributed by atoms with Crippen LogP contribution in [0.1, 0.15) is 6.42 Å². The zero-order chi connectivity index (χ0) is 15.9. The van der Waals surface area contributed by atoms with Crippen LogP contribution < -0.4 is 10.1 Å². The van der Waals surface area contributed by atoms with Gasteiger partial charge in [0.25, 0.3) is 0 Å². The highest BCUT2D eigenvalue weighted by molar-refractivity contribution is 5.91. The monoisotopic (exact) mass is 307 g/mol. The number of benzene rings is 2. The Morgan fingerprint density at radius 1 is 1.13 bits per heavy atom. The molecule has 1 amide bonds. The smallest absolute Gasteiger partial charge is 0.227 e. The molecule has 2 aromatic carbocycles. The van der Waals surface area contributed by atoms with E-state index in [4.69, 9.17) is 4.74 Å². The molecule has 0 fully saturated rings. The van der Waals surface area contributed by atoms with Gasteiger partial charge in [-0.25, -0.2) is 4.98 Å². The van der Waals surface area contributed by atoms with Gasteiger partial charge in [-0.05, 0) is 24.3 Å². The number of carbonyl (C=O) groups is 1. The summed E-state index contributed by atoms with van der Waals surface area (Å²) in [6.07, 6.45) is 3.67. The number of aromatic nitrogens is 2. The van der Waals surface area contributed by atoms with E-state index in [-0.39, 0.29) is 5.91 Å². The molecule has 116 valence electrons. The molecule has 0 aliphatic rings. The van der Waals surface area contributed by atoms with Crippen molar-refractivity contribution in [2.24, 2.45) is 0 Å². The van der Waals surface area contributed by atoms with E-state index in [0.29, 0.717) is 13.0 Å². The number of carbonyl (C=O) groups excluding carboxylic acids is 1. The lowest BCUT2D eigenvalue weighted by Gasteiger charge is -2.08. The van der Waals surface area contributed by atoms with Crippen molar-refractivity contribution in [2.75, 3.05) is 11.9 Å². The second-order valence-electron chi connectivity index (χ2n) is 5.01. The van der Waals surface area contributed by atoms with Crippen LogP contribution in [0.5, 0.6) is 5.75 Å². The normalized spacial score (nSPS) is 10.3. The summed E-state index contributed by atoms with van der Waals surface area (Å²) in [6, 6.07) is 17.1. The maximum atomic E-state index is 12.0. The molecular formula is C18H17N3O2. The molecule has 0 atom stereocenters. The lowest BCUT2D eigenvalue weighted by molar-refractivity contribution is -0.116. The summed E-state index contributed by atoms with van der Waals surface area (Å²) in [4.78, 5) is 19.0. The summed E-state index contributed by atoms with van der Waals surface area (Å²) in [5.74, 6) is 0.684. The summed E-state index contributed by atoms with van der Waals surface area (Å²) in [5, 5.41) is 2.88. The Hall–Kier alpha value is -3.08. The van der Waals surface area contributed by atoms with E-state index in [1.807, 2.05) is 54.6 Å². The van der Waals surface area contributed by atoms with E-state index in [1.54, 1.807) is 12.5 Å². The maximum Gasteiger partial charge on any atom is 0.227 e. The van der Waals surface area contributed by atoms with Crippen molar-refractivity contribution < 1.29 is 9.53 Å². The van der Waals surface area contributed by atoms with Gasteiger partial charge >= 0.3 is 0 Å². The third kappa shape index (κ3) is 4.20. The van der Waals surface area contributed by atoms with Gasteiger partial charge in [0.15, 0.2) is 0 Å². The lowest BCUT2D eigenvalue weighted by atomic mass is 10.1. The highest BCUT2D eigenvalue weighted by Crippen LogP contribution is 2.20. The Labute approximate surface area is 134 Å². The summed E-state index contributed by atoms with van der Waals surface area (Å²) in [6.45, 7) is 0.343. The summed E-state index contributed by atoms with van der Waals surface area (Å²) in [5.41, 5.74) is 2.64. The molecule has 0 radical (unpaired) electrons. The predicted octanol–water partition coefficient (Wildman–Crippen LogP) is 3.48. The molecule has 0 aliphatic carbocycles. The number of amides is 1. The van der Waals surface area contributed by atoms with Gasteiger partial charge in [-0.1, -0.05) is 30.3 Å². The van der Waals surface area contributed by atoms with E-state index in [1.165, 1.54) is 0 Å². The molecule has 5 nitrogen and oxygen atoms in total. The van der Waals surface area contributed by atoms with Crippen molar-refractivity contribution >= 4 is 11.6 Å². The van der Waals surface area contributed by atoms with Crippen LogP contribution in [0.15, 0.2) is 67.1 Å². The molecule has 1 heterocycles. The molecule has 3 aromatic rings. The Morgan fingerprint density at radius 2 is 2.00 bits per heavy atom. The molecular weight excluding hydrogens is 290 g/mol. The molecule has 0 saturated heterocycles. The van der Waals surface area contributed by atoms with Crippen molar-refractivity contribution in [3.05, 3.63) is 67.1 Å². The van der Waals surface area contributed by atoms with Crippen LogP contribution >= 0.6 is 0 Å². The number of nitrogens with zero attached hydrogens (tertiary/aromatic N) is 1. The SMILES string of the molecule is O=C(CCOc1ccccc1)Nc1cccc(-c2cnc[nH]2)c1. The summed E-state index contributed by atoms with van der Waals surface area (Å²) < 4.78 is 5.52. The fraction of sp³-hybridized carbons (Fsp3) is 0.111. The average molecular weight is 307 g/mol. The number of para-hydroxylation sites is 1. The van der Waals surface area contributed by atoms with E-state index in [9.17, 15) is 4.79 Å². The molecule has 23 heavy (non-hydrogen) atoms. The summed E-state index contributed by atoms with van der Waals surface area (Å²) in [7, 11) is 0. The third-order valence-electron chi connectivity index (χ3n) is 3.30. The minimum atomic E-state index is -0.0808. The number of rotatable bonds is 6. The lowest BCUT2D eigenvalue weighted by Crippen LogP contribution is -2.15. The van der Waals surface area contributed by atoms with E-state index < -0.39 is 0 Å². The number of ether oxygens (including phenoxy) is 1. The number of nitrogens with one attached hydrogen (secondary N) is 2. The van der Waals surface area contributed by atoms with Gasteiger partial charge < -0.3 is 15.0 Å². The van der Waals surface area contributed by atoms with Gasteiger partial charge in [-0.15, -0.1) is 0 Å². The second-order valence-corrected chi connectivity index (χ2v) is 5.01. The summed E-state index contributed by atoms with van der Waals surface area (Å²) >= 11 is 0. The minimum absolute atomic E-state index is 0.0808. The first-order chi connectivity index (χ1) is 11.3. The largest absolute Gasteiger partial charge is 0.493 e. The third-order valence-corrected chi connectivity index (χ3v) is 3.30. The van der Waals surface area contributed by atoms with Crippen LogP contribution in [0.3, 0.4) is 0 Å². The number of hydrogen-bond acceptors (Lipinski definition) is 3. The van der Waals surface area contributed by atoms with Gasteiger partial charge in [0.1, 0.15) is 5.75 Å². The van der Waals surface area contributed by atoms with Crippen molar-refractivity contribution in [1.82, 2.24) is 9.97 Å². The van der Waals surface area contributed by atoms with E-state index >= 15 is 0 Å². The Bertz CT molecular complexity index is 755. The zero-order valence-electron chi connectivity index (χ0n) is 12.5. The van der Waals surface area contributed by atoms with Crippen molar-refractivity contribution in [1.29, 1.82) is 0 Å². The highest BCUT2D eigenvalue weighted by Gasteiger charge is 2.05. The van der Waals surface area contributed by atoms with E-state index in [2.05, 4.69) is 15.3 Å². The molecule has 5 heteroatoms. The molecule has 1 aromatic heterocycles. The van der Waals surface area contributed by atoms with Crippen LogP contribution in [0.4, 0.5) is 5.69 Å².